The number of hydrogen-bond donors (Lipinski definition) is 2. The molecule has 102 valence electrons. The van der Waals surface area contributed by atoms with Crippen molar-refractivity contribution < 1.29 is 4.79 Å². The van der Waals surface area contributed by atoms with Crippen LogP contribution in [0, 0.1) is 16.7 Å². The lowest BCUT2D eigenvalue weighted by Gasteiger charge is -2.29. The predicted molar refractivity (Wildman–Crippen MR) is 77.2 cm³/mol. The molecule has 18 heavy (non-hydrogen) atoms. The standard InChI is InChI=1S/C14H24N2OS/c1-12(2)9(13(12,3)4)10(17)16-14(11(15)18)7-5-6-8-14/h9H,5-8H2,1-4H3,(H2,15,18)(H,16,17). The van der Waals surface area contributed by atoms with Crippen LogP contribution in [0.5, 0.6) is 0 Å². The Bertz CT molecular complexity index is 381. The summed E-state index contributed by atoms with van der Waals surface area (Å²) in [5, 5.41) is 3.16. The summed E-state index contributed by atoms with van der Waals surface area (Å²) in [4.78, 5) is 12.9. The summed E-state index contributed by atoms with van der Waals surface area (Å²) in [6.45, 7) is 8.61. The average molecular weight is 268 g/mol. The minimum atomic E-state index is -0.416. The molecule has 3 nitrogen and oxygen atoms in total. The van der Waals surface area contributed by atoms with Crippen LogP contribution in [0.4, 0.5) is 0 Å². The molecule has 1 amide bonds. The van der Waals surface area contributed by atoms with Gasteiger partial charge in [-0.1, -0.05) is 52.8 Å². The van der Waals surface area contributed by atoms with Gasteiger partial charge in [-0.3, -0.25) is 4.79 Å². The maximum Gasteiger partial charge on any atom is 0.225 e. The number of hydrogen-bond acceptors (Lipinski definition) is 2. The van der Waals surface area contributed by atoms with Crippen LogP contribution in [0.2, 0.25) is 0 Å². The van der Waals surface area contributed by atoms with Gasteiger partial charge in [0.05, 0.1) is 10.5 Å². The zero-order chi connectivity index (χ0) is 13.8. The normalized spacial score (nSPS) is 27.8. The van der Waals surface area contributed by atoms with Gasteiger partial charge in [0.2, 0.25) is 5.91 Å². The smallest absolute Gasteiger partial charge is 0.225 e. The lowest BCUT2D eigenvalue weighted by atomic mass is 9.96. The minimum absolute atomic E-state index is 0.0626. The molecule has 0 aromatic heterocycles. The Hall–Kier alpha value is -0.640. The van der Waals surface area contributed by atoms with Crippen molar-refractivity contribution in [1.82, 2.24) is 5.32 Å². The Morgan fingerprint density at radius 2 is 1.61 bits per heavy atom. The molecule has 2 saturated carbocycles. The molecule has 0 aliphatic heterocycles. The van der Waals surface area contributed by atoms with Crippen molar-refractivity contribution in [2.24, 2.45) is 22.5 Å². The van der Waals surface area contributed by atoms with E-state index in [-0.39, 0.29) is 22.7 Å². The summed E-state index contributed by atoms with van der Waals surface area (Å²) in [7, 11) is 0. The number of carbonyl (C=O) groups is 1. The van der Waals surface area contributed by atoms with Gasteiger partial charge < -0.3 is 11.1 Å². The van der Waals surface area contributed by atoms with Gasteiger partial charge in [-0.25, -0.2) is 0 Å². The van der Waals surface area contributed by atoms with E-state index >= 15 is 0 Å². The Labute approximate surface area is 115 Å². The SMILES string of the molecule is CC1(C)C(C(=O)NC2(C(N)=S)CCCC2)C1(C)C. The lowest BCUT2D eigenvalue weighted by molar-refractivity contribution is -0.124. The molecule has 0 atom stereocenters. The number of thiocarbonyl (C=S) groups is 1. The lowest BCUT2D eigenvalue weighted by Crippen LogP contribution is -2.55. The van der Waals surface area contributed by atoms with E-state index in [1.807, 2.05) is 0 Å². The van der Waals surface area contributed by atoms with Crippen molar-refractivity contribution >= 4 is 23.1 Å². The summed E-state index contributed by atoms with van der Waals surface area (Å²) in [5.74, 6) is 0.191. The first-order valence-electron chi connectivity index (χ1n) is 6.77. The molecular formula is C14H24N2OS. The highest BCUT2D eigenvalue weighted by molar-refractivity contribution is 7.80. The van der Waals surface area contributed by atoms with E-state index in [1.165, 1.54) is 0 Å². The van der Waals surface area contributed by atoms with E-state index in [0.717, 1.165) is 25.7 Å². The predicted octanol–water partition coefficient (Wildman–Crippen LogP) is 2.38. The highest BCUT2D eigenvalue weighted by Crippen LogP contribution is 2.68. The van der Waals surface area contributed by atoms with E-state index in [9.17, 15) is 4.79 Å². The van der Waals surface area contributed by atoms with Crippen LogP contribution in [0.15, 0.2) is 0 Å². The Morgan fingerprint density at radius 3 is 1.94 bits per heavy atom. The van der Waals surface area contributed by atoms with Gasteiger partial charge in [0.15, 0.2) is 0 Å². The van der Waals surface area contributed by atoms with Crippen molar-refractivity contribution in [1.29, 1.82) is 0 Å². The van der Waals surface area contributed by atoms with Crippen LogP contribution >= 0.6 is 12.2 Å². The molecule has 0 radical (unpaired) electrons. The largest absolute Gasteiger partial charge is 0.391 e. The maximum atomic E-state index is 12.5. The van der Waals surface area contributed by atoms with Crippen molar-refractivity contribution in [3.05, 3.63) is 0 Å². The van der Waals surface area contributed by atoms with E-state index < -0.39 is 5.54 Å². The molecular weight excluding hydrogens is 244 g/mol. The van der Waals surface area contributed by atoms with Gasteiger partial charge >= 0.3 is 0 Å². The summed E-state index contributed by atoms with van der Waals surface area (Å²) < 4.78 is 0. The van der Waals surface area contributed by atoms with Crippen molar-refractivity contribution in [2.75, 3.05) is 0 Å². The van der Waals surface area contributed by atoms with E-state index in [1.54, 1.807) is 0 Å². The molecule has 2 fully saturated rings. The number of rotatable bonds is 3. The number of amides is 1. The van der Waals surface area contributed by atoms with Crippen molar-refractivity contribution in [3.63, 3.8) is 0 Å². The van der Waals surface area contributed by atoms with Crippen LogP contribution in [0.1, 0.15) is 53.4 Å². The van der Waals surface area contributed by atoms with Crippen molar-refractivity contribution in [2.45, 2.75) is 58.9 Å². The molecule has 0 saturated heterocycles. The van der Waals surface area contributed by atoms with Crippen molar-refractivity contribution in [3.8, 4) is 0 Å². The van der Waals surface area contributed by atoms with E-state index in [0.29, 0.717) is 4.99 Å². The third-order valence-electron chi connectivity index (χ3n) is 5.57. The third kappa shape index (κ3) is 1.77. The summed E-state index contributed by atoms with van der Waals surface area (Å²) in [6.07, 6.45) is 3.97. The zero-order valence-electron chi connectivity index (χ0n) is 11.8. The van der Waals surface area contributed by atoms with Gasteiger partial charge in [-0.05, 0) is 23.7 Å². The van der Waals surface area contributed by atoms with Crippen LogP contribution in [0.25, 0.3) is 0 Å². The molecule has 0 aromatic rings. The number of carbonyl (C=O) groups excluding carboxylic acids is 1. The van der Waals surface area contributed by atoms with Gasteiger partial charge in [0, 0.05) is 5.92 Å². The average Bonchev–Trinajstić information content (AvgIpc) is 2.60. The molecule has 3 N–H and O–H groups in total. The second kappa shape index (κ2) is 3.92. The van der Waals surface area contributed by atoms with E-state index in [4.69, 9.17) is 18.0 Å². The second-order valence-corrected chi connectivity index (χ2v) is 7.46. The number of nitrogens with two attached hydrogens (primary N) is 1. The van der Waals surface area contributed by atoms with Gasteiger partial charge in [0.25, 0.3) is 0 Å². The highest BCUT2D eigenvalue weighted by Gasteiger charge is 2.68. The first-order chi connectivity index (χ1) is 8.15. The van der Waals surface area contributed by atoms with Crippen LogP contribution < -0.4 is 11.1 Å². The van der Waals surface area contributed by atoms with Crippen LogP contribution in [-0.2, 0) is 4.79 Å². The first kappa shape index (κ1) is 13.8. The number of nitrogens with one attached hydrogen (secondary N) is 1. The molecule has 2 aliphatic carbocycles. The summed E-state index contributed by atoms with van der Waals surface area (Å²) in [5.41, 5.74) is 5.56. The molecule has 2 rings (SSSR count). The quantitative estimate of drug-likeness (QED) is 0.773. The Kier molecular flexibility index (Phi) is 3.01. The topological polar surface area (TPSA) is 55.1 Å². The Morgan fingerprint density at radius 1 is 1.17 bits per heavy atom. The molecule has 0 unspecified atom stereocenters. The van der Waals surface area contributed by atoms with Gasteiger partial charge in [-0.15, -0.1) is 0 Å². The fourth-order valence-electron chi connectivity index (χ4n) is 3.57. The fourth-order valence-corrected chi connectivity index (χ4v) is 3.83. The van der Waals surface area contributed by atoms with Crippen LogP contribution in [0.3, 0.4) is 0 Å². The summed E-state index contributed by atoms with van der Waals surface area (Å²) in [6, 6.07) is 0. The van der Waals surface area contributed by atoms with Gasteiger partial charge in [0.1, 0.15) is 0 Å². The minimum Gasteiger partial charge on any atom is -0.391 e. The van der Waals surface area contributed by atoms with Gasteiger partial charge in [-0.2, -0.15) is 0 Å². The zero-order valence-corrected chi connectivity index (χ0v) is 12.6. The molecule has 2 aliphatic rings. The molecule has 0 aromatic carbocycles. The molecule has 0 heterocycles. The van der Waals surface area contributed by atoms with E-state index in [2.05, 4.69) is 33.0 Å². The third-order valence-corrected chi connectivity index (χ3v) is 5.96. The maximum absolute atomic E-state index is 12.5. The molecule has 0 bridgehead atoms. The monoisotopic (exact) mass is 268 g/mol. The second-order valence-electron chi connectivity index (χ2n) is 7.02. The highest BCUT2D eigenvalue weighted by atomic mass is 32.1. The molecule has 4 heteroatoms. The van der Waals surface area contributed by atoms with Crippen LogP contribution in [-0.4, -0.2) is 16.4 Å². The Balaban J connectivity index is 2.11. The fraction of sp³-hybridized carbons (Fsp3) is 0.857. The molecule has 0 spiro atoms. The summed E-state index contributed by atoms with van der Waals surface area (Å²) >= 11 is 5.17. The first-order valence-corrected chi connectivity index (χ1v) is 7.18.